The number of carbonyl (C=O) groups excluding carboxylic acids is 3. The van der Waals surface area contributed by atoms with Crippen molar-refractivity contribution in [2.75, 3.05) is 13.7 Å². The van der Waals surface area contributed by atoms with E-state index in [2.05, 4.69) is 0 Å². The van der Waals surface area contributed by atoms with Crippen LogP contribution in [0, 0.1) is 0 Å². The minimum atomic E-state index is -0.639. The number of thioether (sulfide) groups is 1. The van der Waals surface area contributed by atoms with Gasteiger partial charge in [0.2, 0.25) is 0 Å². The van der Waals surface area contributed by atoms with Crippen molar-refractivity contribution in [3.05, 3.63) is 28.7 Å². The predicted octanol–water partition coefficient (Wildman–Crippen LogP) is 2.39. The van der Waals surface area contributed by atoms with Crippen molar-refractivity contribution >= 4 is 35.0 Å². The number of ether oxygens (including phenoxy) is 2. The van der Waals surface area contributed by atoms with Gasteiger partial charge in [-0.3, -0.25) is 19.3 Å². The highest BCUT2D eigenvalue weighted by Gasteiger charge is 2.36. The first-order valence-electron chi connectivity index (χ1n) is 7.13. The van der Waals surface area contributed by atoms with Crippen molar-refractivity contribution in [1.82, 2.24) is 4.90 Å². The molecule has 7 nitrogen and oxygen atoms in total. The second-order valence-corrected chi connectivity index (χ2v) is 6.23. The molecule has 1 fully saturated rings. The molecule has 2 amide bonds. The van der Waals surface area contributed by atoms with Gasteiger partial charge in [-0.2, -0.15) is 0 Å². The summed E-state index contributed by atoms with van der Waals surface area (Å²) in [5.74, 6) is -0.972. The third kappa shape index (κ3) is 4.08. The molecule has 0 radical (unpaired) electrons. The molecular formula is C16H17NO6S. The number of imide groups is 1. The summed E-state index contributed by atoms with van der Waals surface area (Å²) in [6.07, 6.45) is 1.18. The molecule has 128 valence electrons. The summed E-state index contributed by atoms with van der Waals surface area (Å²) in [5.41, 5.74) is 0.583. The second kappa shape index (κ2) is 7.39. The number of amides is 2. The summed E-state index contributed by atoms with van der Waals surface area (Å²) >= 11 is 0.743. The zero-order valence-electron chi connectivity index (χ0n) is 13.4. The molecule has 1 aromatic rings. The maximum absolute atomic E-state index is 12.3. The molecule has 24 heavy (non-hydrogen) atoms. The van der Waals surface area contributed by atoms with Crippen molar-refractivity contribution < 1.29 is 29.0 Å². The quantitative estimate of drug-likeness (QED) is 0.643. The molecule has 1 aromatic carbocycles. The minimum Gasteiger partial charge on any atom is -0.504 e. The zero-order valence-corrected chi connectivity index (χ0v) is 14.3. The van der Waals surface area contributed by atoms with Crippen LogP contribution in [0.15, 0.2) is 23.1 Å². The molecule has 0 aromatic heterocycles. The van der Waals surface area contributed by atoms with E-state index in [0.29, 0.717) is 5.56 Å². The van der Waals surface area contributed by atoms with Gasteiger partial charge in [-0.25, -0.2) is 0 Å². The second-order valence-electron chi connectivity index (χ2n) is 5.24. The molecular weight excluding hydrogens is 334 g/mol. The van der Waals surface area contributed by atoms with E-state index in [4.69, 9.17) is 9.47 Å². The van der Waals surface area contributed by atoms with Gasteiger partial charge in [0.25, 0.3) is 11.1 Å². The number of phenolic OH excluding ortho intramolecular Hbond substituents is 1. The molecule has 1 heterocycles. The monoisotopic (exact) mass is 351 g/mol. The number of rotatable bonds is 5. The number of aromatic hydroxyl groups is 1. The van der Waals surface area contributed by atoms with Crippen LogP contribution in [0.25, 0.3) is 6.08 Å². The van der Waals surface area contributed by atoms with Crippen molar-refractivity contribution in [2.45, 2.75) is 20.0 Å². The molecule has 0 saturated carbocycles. The fourth-order valence-electron chi connectivity index (χ4n) is 2.00. The molecule has 0 bridgehead atoms. The van der Waals surface area contributed by atoms with Crippen LogP contribution in [0.3, 0.4) is 0 Å². The Morgan fingerprint density at radius 1 is 1.38 bits per heavy atom. The number of carbonyl (C=O) groups is 3. The number of phenols is 1. The summed E-state index contributed by atoms with van der Waals surface area (Å²) in [4.78, 5) is 36.9. The Bertz CT molecular complexity index is 713. The van der Waals surface area contributed by atoms with Crippen LogP contribution in [-0.2, 0) is 14.3 Å². The molecule has 0 aliphatic carbocycles. The van der Waals surface area contributed by atoms with Crippen molar-refractivity contribution in [1.29, 1.82) is 0 Å². The summed E-state index contributed by atoms with van der Waals surface area (Å²) in [7, 11) is 1.41. The number of hydrogen-bond acceptors (Lipinski definition) is 7. The fraction of sp³-hybridized carbons (Fsp3) is 0.312. The lowest BCUT2D eigenvalue weighted by molar-refractivity contribution is -0.149. The molecule has 1 aliphatic rings. The van der Waals surface area contributed by atoms with E-state index in [9.17, 15) is 19.5 Å². The molecule has 1 saturated heterocycles. The Hall–Kier alpha value is -2.48. The third-order valence-electron chi connectivity index (χ3n) is 3.03. The van der Waals surface area contributed by atoms with Gasteiger partial charge in [0, 0.05) is 0 Å². The van der Waals surface area contributed by atoms with Crippen LogP contribution in [0.2, 0.25) is 0 Å². The summed E-state index contributed by atoms with van der Waals surface area (Å²) < 4.78 is 9.95. The van der Waals surface area contributed by atoms with Crippen LogP contribution in [0.5, 0.6) is 11.5 Å². The largest absolute Gasteiger partial charge is 0.504 e. The van der Waals surface area contributed by atoms with E-state index in [0.717, 1.165) is 16.7 Å². The van der Waals surface area contributed by atoms with Crippen LogP contribution in [0.4, 0.5) is 4.79 Å². The Morgan fingerprint density at radius 3 is 2.71 bits per heavy atom. The molecule has 1 aliphatic heterocycles. The summed E-state index contributed by atoms with van der Waals surface area (Å²) in [5, 5.41) is 9.04. The van der Waals surface area contributed by atoms with E-state index in [1.165, 1.54) is 25.3 Å². The Labute approximate surface area is 143 Å². The average molecular weight is 351 g/mol. The summed E-state index contributed by atoms with van der Waals surface area (Å²) in [6.45, 7) is 2.95. The number of esters is 1. The van der Waals surface area contributed by atoms with Gasteiger partial charge in [0.1, 0.15) is 6.54 Å². The van der Waals surface area contributed by atoms with E-state index < -0.39 is 23.7 Å². The van der Waals surface area contributed by atoms with Gasteiger partial charge in [-0.05, 0) is 49.4 Å². The topological polar surface area (TPSA) is 93.1 Å². The van der Waals surface area contributed by atoms with Crippen molar-refractivity contribution in [3.8, 4) is 11.5 Å². The Kier molecular flexibility index (Phi) is 5.50. The zero-order chi connectivity index (χ0) is 17.9. The van der Waals surface area contributed by atoms with Gasteiger partial charge in [0.05, 0.1) is 18.1 Å². The highest BCUT2D eigenvalue weighted by molar-refractivity contribution is 8.18. The molecule has 0 spiro atoms. The lowest BCUT2D eigenvalue weighted by Gasteiger charge is -2.13. The maximum atomic E-state index is 12.3. The van der Waals surface area contributed by atoms with Crippen LogP contribution >= 0.6 is 11.8 Å². The van der Waals surface area contributed by atoms with Gasteiger partial charge in [-0.1, -0.05) is 6.07 Å². The minimum absolute atomic E-state index is 0.0285. The lowest BCUT2D eigenvalue weighted by Crippen LogP contribution is -2.35. The van der Waals surface area contributed by atoms with Crippen LogP contribution < -0.4 is 4.74 Å². The summed E-state index contributed by atoms with van der Waals surface area (Å²) in [6, 6.07) is 4.55. The molecule has 0 unspecified atom stereocenters. The Morgan fingerprint density at radius 2 is 2.08 bits per heavy atom. The normalized spacial score (nSPS) is 16.2. The maximum Gasteiger partial charge on any atom is 0.326 e. The number of methoxy groups -OCH3 is 1. The van der Waals surface area contributed by atoms with Crippen molar-refractivity contribution in [2.24, 2.45) is 0 Å². The van der Waals surface area contributed by atoms with Crippen LogP contribution in [0.1, 0.15) is 19.4 Å². The smallest absolute Gasteiger partial charge is 0.326 e. The Balaban J connectivity index is 2.17. The molecule has 1 N–H and O–H groups in total. The lowest BCUT2D eigenvalue weighted by atomic mass is 10.2. The van der Waals surface area contributed by atoms with Crippen molar-refractivity contribution in [3.63, 3.8) is 0 Å². The van der Waals surface area contributed by atoms with Crippen LogP contribution in [-0.4, -0.2) is 46.9 Å². The molecule has 8 heteroatoms. The van der Waals surface area contributed by atoms with E-state index in [1.807, 2.05) is 0 Å². The first-order chi connectivity index (χ1) is 11.3. The van der Waals surface area contributed by atoms with Gasteiger partial charge < -0.3 is 14.6 Å². The van der Waals surface area contributed by atoms with E-state index >= 15 is 0 Å². The SMILES string of the molecule is COc1cc(/C=C2/SC(=O)N(CC(=O)OC(C)C)C2=O)ccc1O. The average Bonchev–Trinajstić information content (AvgIpc) is 2.76. The van der Waals surface area contributed by atoms with E-state index in [1.54, 1.807) is 19.9 Å². The highest BCUT2D eigenvalue weighted by Crippen LogP contribution is 2.34. The van der Waals surface area contributed by atoms with Gasteiger partial charge in [0.15, 0.2) is 11.5 Å². The third-order valence-corrected chi connectivity index (χ3v) is 3.94. The van der Waals surface area contributed by atoms with Gasteiger partial charge >= 0.3 is 5.97 Å². The van der Waals surface area contributed by atoms with Gasteiger partial charge in [-0.15, -0.1) is 0 Å². The standard InChI is InChI=1S/C16H17NO6S/c1-9(2)23-14(19)8-17-15(20)13(24-16(17)21)7-10-4-5-11(18)12(6-10)22-3/h4-7,9,18H,8H2,1-3H3/b13-7+. The molecule has 0 atom stereocenters. The highest BCUT2D eigenvalue weighted by atomic mass is 32.2. The fourth-order valence-corrected chi connectivity index (χ4v) is 2.84. The first-order valence-corrected chi connectivity index (χ1v) is 7.95. The predicted molar refractivity (Wildman–Crippen MR) is 88.6 cm³/mol. The first kappa shape index (κ1) is 17.9. The number of nitrogens with zero attached hydrogens (tertiary/aromatic N) is 1. The number of benzene rings is 1. The van der Waals surface area contributed by atoms with E-state index in [-0.39, 0.29) is 22.5 Å². The number of hydrogen-bond donors (Lipinski definition) is 1. The molecule has 2 rings (SSSR count).